The summed E-state index contributed by atoms with van der Waals surface area (Å²) in [5, 5.41) is 9.60. The van der Waals surface area contributed by atoms with E-state index >= 15 is 0 Å². The fourth-order valence-corrected chi connectivity index (χ4v) is 2.57. The van der Waals surface area contributed by atoms with Gasteiger partial charge in [-0.3, -0.25) is 0 Å². The first-order valence-corrected chi connectivity index (χ1v) is 7.06. The van der Waals surface area contributed by atoms with Crippen molar-refractivity contribution in [2.75, 3.05) is 18.0 Å². The largest absolute Gasteiger partial charge is 0.393 e. The van der Waals surface area contributed by atoms with Crippen molar-refractivity contribution < 1.29 is 5.11 Å². The molecule has 4 nitrogen and oxygen atoms in total. The van der Waals surface area contributed by atoms with Crippen LogP contribution in [0.5, 0.6) is 0 Å². The smallest absolute Gasteiger partial charge is 0.132 e. The lowest BCUT2D eigenvalue weighted by atomic mass is 10.1. The van der Waals surface area contributed by atoms with Gasteiger partial charge in [0.15, 0.2) is 0 Å². The van der Waals surface area contributed by atoms with Crippen molar-refractivity contribution >= 4 is 5.82 Å². The minimum Gasteiger partial charge on any atom is -0.393 e. The quantitative estimate of drug-likeness (QED) is 0.909. The first-order valence-electron chi connectivity index (χ1n) is 7.06. The van der Waals surface area contributed by atoms with Crippen LogP contribution in [-0.4, -0.2) is 34.3 Å². The summed E-state index contributed by atoms with van der Waals surface area (Å²) in [4.78, 5) is 11.3. The first kappa shape index (κ1) is 13.1. The van der Waals surface area contributed by atoms with Crippen molar-refractivity contribution in [2.24, 2.45) is 0 Å². The number of anilines is 1. The van der Waals surface area contributed by atoms with Gasteiger partial charge in [0.25, 0.3) is 0 Å². The zero-order valence-corrected chi connectivity index (χ0v) is 11.7. The zero-order chi connectivity index (χ0) is 13.9. The predicted octanol–water partition coefficient (Wildman–Crippen LogP) is 2.41. The molecule has 104 valence electrons. The minimum atomic E-state index is -0.164. The third-order valence-electron chi connectivity index (χ3n) is 3.68. The fraction of sp³-hybridized carbons (Fsp3) is 0.375. The molecule has 1 aliphatic rings. The molecule has 0 aliphatic carbocycles. The molecule has 2 aromatic rings. The highest BCUT2D eigenvalue weighted by molar-refractivity contribution is 5.62. The highest BCUT2D eigenvalue weighted by Crippen LogP contribution is 2.23. The van der Waals surface area contributed by atoms with Gasteiger partial charge in [-0.2, -0.15) is 0 Å². The van der Waals surface area contributed by atoms with Crippen LogP contribution in [0.2, 0.25) is 0 Å². The number of hydrogen-bond acceptors (Lipinski definition) is 4. The molecule has 1 N–H and O–H groups in total. The Hall–Kier alpha value is -1.94. The topological polar surface area (TPSA) is 49.2 Å². The van der Waals surface area contributed by atoms with E-state index in [1.807, 2.05) is 31.2 Å². The van der Waals surface area contributed by atoms with Gasteiger partial charge >= 0.3 is 0 Å². The molecule has 1 aliphatic heterocycles. The van der Waals surface area contributed by atoms with Crippen molar-refractivity contribution in [2.45, 2.75) is 25.9 Å². The molecule has 0 bridgehead atoms. The van der Waals surface area contributed by atoms with Gasteiger partial charge in [0.2, 0.25) is 0 Å². The number of piperidine rings is 1. The van der Waals surface area contributed by atoms with Gasteiger partial charge in [0, 0.05) is 24.7 Å². The van der Waals surface area contributed by atoms with E-state index in [2.05, 4.69) is 27.0 Å². The van der Waals surface area contributed by atoms with Crippen LogP contribution in [0.1, 0.15) is 18.7 Å². The van der Waals surface area contributed by atoms with E-state index in [4.69, 9.17) is 0 Å². The van der Waals surface area contributed by atoms with Gasteiger partial charge < -0.3 is 10.0 Å². The van der Waals surface area contributed by atoms with Crippen LogP contribution in [0, 0.1) is 6.92 Å². The molecule has 0 spiro atoms. The third kappa shape index (κ3) is 2.80. The Kier molecular flexibility index (Phi) is 3.65. The summed E-state index contributed by atoms with van der Waals surface area (Å²) in [7, 11) is 0. The molecule has 0 amide bonds. The van der Waals surface area contributed by atoms with E-state index in [1.54, 1.807) is 0 Å². The first-order chi connectivity index (χ1) is 9.72. The molecule has 1 fully saturated rings. The molecular weight excluding hydrogens is 250 g/mol. The molecule has 1 saturated heterocycles. The molecule has 1 aromatic heterocycles. The molecule has 4 heteroatoms. The predicted molar refractivity (Wildman–Crippen MR) is 79.7 cm³/mol. The lowest BCUT2D eigenvalue weighted by Gasteiger charge is -2.30. The molecule has 0 saturated carbocycles. The number of rotatable bonds is 2. The van der Waals surface area contributed by atoms with Crippen molar-refractivity contribution in [3.05, 3.63) is 42.2 Å². The van der Waals surface area contributed by atoms with Gasteiger partial charge in [-0.1, -0.05) is 30.3 Å². The number of aliphatic hydroxyl groups excluding tert-OH is 1. The average molecular weight is 269 g/mol. The van der Waals surface area contributed by atoms with Crippen LogP contribution in [0.4, 0.5) is 5.82 Å². The zero-order valence-electron chi connectivity index (χ0n) is 11.7. The number of benzene rings is 1. The van der Waals surface area contributed by atoms with E-state index < -0.39 is 0 Å². The number of nitrogens with zero attached hydrogens (tertiary/aromatic N) is 3. The second-order valence-corrected chi connectivity index (χ2v) is 5.24. The molecule has 20 heavy (non-hydrogen) atoms. The van der Waals surface area contributed by atoms with Crippen molar-refractivity contribution in [3.63, 3.8) is 0 Å². The molecule has 1 aromatic carbocycles. The average Bonchev–Trinajstić information content (AvgIpc) is 2.48. The highest BCUT2D eigenvalue weighted by Gasteiger charge is 2.19. The number of aryl methyl sites for hydroxylation is 1. The van der Waals surface area contributed by atoms with Crippen LogP contribution < -0.4 is 4.90 Å². The number of hydrogen-bond donors (Lipinski definition) is 1. The SMILES string of the molecule is Cc1nc(-c2ccccc2)cc(N2CCC(O)CC2)n1. The molecule has 0 atom stereocenters. The van der Waals surface area contributed by atoms with Gasteiger partial charge in [0.1, 0.15) is 11.6 Å². The van der Waals surface area contributed by atoms with Crippen LogP contribution in [0.15, 0.2) is 36.4 Å². The van der Waals surface area contributed by atoms with Crippen LogP contribution in [-0.2, 0) is 0 Å². The number of aliphatic hydroxyl groups is 1. The third-order valence-corrected chi connectivity index (χ3v) is 3.68. The Morgan fingerprint density at radius 3 is 2.50 bits per heavy atom. The van der Waals surface area contributed by atoms with E-state index in [1.165, 1.54) is 0 Å². The van der Waals surface area contributed by atoms with Crippen LogP contribution >= 0.6 is 0 Å². The van der Waals surface area contributed by atoms with E-state index in [0.717, 1.165) is 48.8 Å². The maximum Gasteiger partial charge on any atom is 0.132 e. The van der Waals surface area contributed by atoms with E-state index in [0.29, 0.717) is 0 Å². The van der Waals surface area contributed by atoms with Gasteiger partial charge in [0.05, 0.1) is 11.8 Å². The Morgan fingerprint density at radius 1 is 1.10 bits per heavy atom. The lowest BCUT2D eigenvalue weighted by molar-refractivity contribution is 0.145. The van der Waals surface area contributed by atoms with Gasteiger partial charge in [-0.15, -0.1) is 0 Å². The Balaban J connectivity index is 1.91. The Bertz CT molecular complexity index is 578. The summed E-state index contributed by atoms with van der Waals surface area (Å²) in [6.07, 6.45) is 1.45. The summed E-state index contributed by atoms with van der Waals surface area (Å²) in [5.74, 6) is 1.75. The van der Waals surface area contributed by atoms with Crippen molar-refractivity contribution in [1.82, 2.24) is 9.97 Å². The summed E-state index contributed by atoms with van der Waals surface area (Å²) in [5.41, 5.74) is 2.07. The molecule has 0 unspecified atom stereocenters. The molecule has 2 heterocycles. The van der Waals surface area contributed by atoms with Crippen molar-refractivity contribution in [1.29, 1.82) is 0 Å². The second-order valence-electron chi connectivity index (χ2n) is 5.24. The second kappa shape index (κ2) is 5.59. The fourth-order valence-electron chi connectivity index (χ4n) is 2.57. The monoisotopic (exact) mass is 269 g/mol. The van der Waals surface area contributed by atoms with Gasteiger partial charge in [-0.25, -0.2) is 9.97 Å². The van der Waals surface area contributed by atoms with Gasteiger partial charge in [-0.05, 0) is 19.8 Å². The Morgan fingerprint density at radius 2 is 1.80 bits per heavy atom. The highest BCUT2D eigenvalue weighted by atomic mass is 16.3. The maximum absolute atomic E-state index is 9.60. The standard InChI is InChI=1S/C16H19N3O/c1-12-17-15(13-5-3-2-4-6-13)11-16(18-12)19-9-7-14(20)8-10-19/h2-6,11,14,20H,7-10H2,1H3. The molecule has 3 rings (SSSR count). The summed E-state index contributed by atoms with van der Waals surface area (Å²) < 4.78 is 0. The van der Waals surface area contributed by atoms with E-state index in [9.17, 15) is 5.11 Å². The van der Waals surface area contributed by atoms with Crippen LogP contribution in [0.25, 0.3) is 11.3 Å². The maximum atomic E-state index is 9.60. The van der Waals surface area contributed by atoms with Crippen molar-refractivity contribution in [3.8, 4) is 11.3 Å². The molecule has 0 radical (unpaired) electrons. The summed E-state index contributed by atoms with van der Waals surface area (Å²) in [6.45, 7) is 3.63. The Labute approximate surface area is 119 Å². The van der Waals surface area contributed by atoms with E-state index in [-0.39, 0.29) is 6.10 Å². The normalized spacial score (nSPS) is 16.4. The minimum absolute atomic E-state index is 0.164. The van der Waals surface area contributed by atoms with Crippen LogP contribution in [0.3, 0.4) is 0 Å². The lowest BCUT2D eigenvalue weighted by Crippen LogP contribution is -2.36. The molecular formula is C16H19N3O. The number of aromatic nitrogens is 2. The summed E-state index contributed by atoms with van der Waals surface area (Å²) >= 11 is 0. The summed E-state index contributed by atoms with van der Waals surface area (Å²) in [6, 6.07) is 12.2.